The largest absolute Gasteiger partial charge is 0.343 e. The van der Waals surface area contributed by atoms with E-state index in [1.54, 1.807) is 13.0 Å². The smallest absolute Gasteiger partial charge is 0.324 e. The van der Waals surface area contributed by atoms with Crippen molar-refractivity contribution < 1.29 is 14.4 Å². The Morgan fingerprint density at radius 2 is 1.89 bits per heavy atom. The van der Waals surface area contributed by atoms with E-state index in [1.165, 1.54) is 4.90 Å². The van der Waals surface area contributed by atoms with Crippen molar-refractivity contribution in [3.63, 3.8) is 0 Å². The molecule has 2 aliphatic rings. The van der Waals surface area contributed by atoms with E-state index in [0.29, 0.717) is 29.1 Å². The Morgan fingerprint density at radius 1 is 1.22 bits per heavy atom. The van der Waals surface area contributed by atoms with Gasteiger partial charge in [0.15, 0.2) is 0 Å². The fourth-order valence-electron chi connectivity index (χ4n) is 3.80. The summed E-state index contributed by atoms with van der Waals surface area (Å²) in [4.78, 5) is 39.0. The van der Waals surface area contributed by atoms with E-state index in [9.17, 15) is 14.4 Å². The Balaban J connectivity index is 1.54. The Bertz CT molecular complexity index is 776. The summed E-state index contributed by atoms with van der Waals surface area (Å²) in [5, 5.41) is 3.56. The molecule has 2 fully saturated rings. The van der Waals surface area contributed by atoms with E-state index >= 15 is 0 Å². The van der Waals surface area contributed by atoms with Crippen LogP contribution < -0.4 is 5.32 Å². The topological polar surface area (TPSA) is 69.7 Å². The summed E-state index contributed by atoms with van der Waals surface area (Å²) in [7, 11) is 0. The second-order valence-electron chi connectivity index (χ2n) is 7.17. The molecule has 1 atom stereocenters. The minimum absolute atomic E-state index is 0.00801. The Kier molecular flexibility index (Phi) is 5.96. The van der Waals surface area contributed by atoms with Gasteiger partial charge in [0.1, 0.15) is 6.04 Å². The molecule has 8 heteroatoms. The molecule has 0 bridgehead atoms. The van der Waals surface area contributed by atoms with Crippen molar-refractivity contribution in [2.24, 2.45) is 0 Å². The lowest BCUT2D eigenvalue weighted by atomic mass is 9.86. The van der Waals surface area contributed by atoms with Crippen molar-refractivity contribution in [1.82, 2.24) is 15.1 Å². The van der Waals surface area contributed by atoms with Crippen LogP contribution >= 0.6 is 23.2 Å². The molecular weight excluding hydrogens is 389 g/mol. The van der Waals surface area contributed by atoms with E-state index < -0.39 is 12.1 Å². The summed E-state index contributed by atoms with van der Waals surface area (Å²) in [6.45, 7) is 5.23. The lowest BCUT2D eigenvalue weighted by molar-refractivity contribution is -0.132. The molecule has 4 amide bonds. The maximum Gasteiger partial charge on any atom is 0.324 e. The molecule has 1 unspecified atom stereocenters. The number of hydrogen-bond acceptors (Lipinski definition) is 3. The van der Waals surface area contributed by atoms with Crippen molar-refractivity contribution in [3.8, 4) is 0 Å². The van der Waals surface area contributed by atoms with E-state index in [-0.39, 0.29) is 24.8 Å². The van der Waals surface area contributed by atoms with Crippen LogP contribution in [0.2, 0.25) is 10.0 Å². The standard InChI is InChI=1S/C19H23Cl2N3O3/c1-11-15(9-14(20)10-16(11)21)13-3-6-23(7-4-13)17(25)5-8-24-12(2)18(26)22-19(24)27/h9-10,12-13H,3-8H2,1-2H3,(H,22,26,27). The summed E-state index contributed by atoms with van der Waals surface area (Å²) >= 11 is 12.4. The first-order valence-electron chi connectivity index (χ1n) is 9.12. The van der Waals surface area contributed by atoms with Crippen LogP contribution in [0.1, 0.15) is 43.2 Å². The van der Waals surface area contributed by atoms with E-state index in [1.807, 2.05) is 17.9 Å². The quantitative estimate of drug-likeness (QED) is 0.772. The van der Waals surface area contributed by atoms with Gasteiger partial charge in [0.05, 0.1) is 0 Å². The monoisotopic (exact) mass is 411 g/mol. The predicted molar refractivity (Wildman–Crippen MR) is 104 cm³/mol. The van der Waals surface area contributed by atoms with Crippen LogP contribution in [0.5, 0.6) is 0 Å². The zero-order chi connectivity index (χ0) is 19.7. The van der Waals surface area contributed by atoms with E-state index in [0.717, 1.165) is 24.0 Å². The SMILES string of the molecule is Cc1c(Cl)cc(Cl)cc1C1CCN(C(=O)CCN2C(=O)NC(=O)C2C)CC1. The van der Waals surface area contributed by atoms with Crippen LogP contribution in [0, 0.1) is 6.92 Å². The van der Waals surface area contributed by atoms with Gasteiger partial charge in [0.25, 0.3) is 5.91 Å². The summed E-state index contributed by atoms with van der Waals surface area (Å²) in [5.41, 5.74) is 2.20. The number of benzene rings is 1. The molecule has 0 saturated carbocycles. The number of piperidine rings is 1. The lowest BCUT2D eigenvalue weighted by Gasteiger charge is -2.33. The number of likely N-dealkylation sites (tertiary alicyclic amines) is 1. The molecule has 3 rings (SSSR count). The first-order chi connectivity index (χ1) is 12.8. The van der Waals surface area contributed by atoms with Crippen LogP contribution in [0.15, 0.2) is 12.1 Å². The number of amides is 4. The summed E-state index contributed by atoms with van der Waals surface area (Å²) in [6, 6.07) is 2.77. The highest BCUT2D eigenvalue weighted by Crippen LogP contribution is 2.35. The number of carbonyl (C=O) groups excluding carboxylic acids is 3. The van der Waals surface area contributed by atoms with Crippen LogP contribution in [0.25, 0.3) is 0 Å². The van der Waals surface area contributed by atoms with Gasteiger partial charge in [-0.15, -0.1) is 0 Å². The molecular formula is C19H23Cl2N3O3. The molecule has 27 heavy (non-hydrogen) atoms. The maximum absolute atomic E-state index is 12.5. The summed E-state index contributed by atoms with van der Waals surface area (Å²) in [5.74, 6) is 0.0183. The molecule has 2 heterocycles. The number of urea groups is 1. The number of hydrogen-bond donors (Lipinski definition) is 1. The highest BCUT2D eigenvalue weighted by molar-refractivity contribution is 6.35. The Hall–Kier alpha value is -1.79. The highest BCUT2D eigenvalue weighted by Gasteiger charge is 2.35. The molecule has 146 valence electrons. The third-order valence-electron chi connectivity index (χ3n) is 5.54. The fourth-order valence-corrected chi connectivity index (χ4v) is 4.31. The van der Waals surface area contributed by atoms with Gasteiger partial charge in [-0.1, -0.05) is 23.2 Å². The Morgan fingerprint density at radius 3 is 2.48 bits per heavy atom. The van der Waals surface area contributed by atoms with Crippen molar-refractivity contribution in [2.45, 2.75) is 45.1 Å². The molecule has 1 aromatic carbocycles. The van der Waals surface area contributed by atoms with Gasteiger partial charge < -0.3 is 9.80 Å². The van der Waals surface area contributed by atoms with E-state index in [2.05, 4.69) is 5.32 Å². The molecule has 2 aliphatic heterocycles. The fraction of sp³-hybridized carbons (Fsp3) is 0.526. The number of nitrogens with one attached hydrogen (secondary N) is 1. The molecule has 0 aromatic heterocycles. The van der Waals surface area contributed by atoms with Crippen molar-refractivity contribution in [2.75, 3.05) is 19.6 Å². The number of halogens is 2. The third-order valence-corrected chi connectivity index (χ3v) is 6.15. The first kappa shape index (κ1) is 20.0. The minimum Gasteiger partial charge on any atom is -0.343 e. The van der Waals surface area contributed by atoms with Gasteiger partial charge >= 0.3 is 6.03 Å². The molecule has 6 nitrogen and oxygen atoms in total. The average Bonchev–Trinajstić information content (AvgIpc) is 2.88. The van der Waals surface area contributed by atoms with Gasteiger partial charge in [-0.25, -0.2) is 4.79 Å². The second-order valence-corrected chi connectivity index (χ2v) is 8.01. The number of rotatable bonds is 4. The lowest BCUT2D eigenvalue weighted by Crippen LogP contribution is -2.41. The summed E-state index contributed by atoms with van der Waals surface area (Å²) in [6.07, 6.45) is 1.92. The maximum atomic E-state index is 12.5. The van der Waals surface area contributed by atoms with Crippen LogP contribution in [0.4, 0.5) is 4.79 Å². The molecule has 0 spiro atoms. The first-order valence-corrected chi connectivity index (χ1v) is 9.88. The minimum atomic E-state index is -0.522. The van der Waals surface area contributed by atoms with Crippen molar-refractivity contribution in [1.29, 1.82) is 0 Å². The van der Waals surface area contributed by atoms with Gasteiger partial charge in [0, 0.05) is 36.1 Å². The zero-order valence-corrected chi connectivity index (χ0v) is 16.9. The number of imide groups is 1. The summed E-state index contributed by atoms with van der Waals surface area (Å²) < 4.78 is 0. The van der Waals surface area contributed by atoms with Crippen LogP contribution in [-0.4, -0.2) is 53.3 Å². The van der Waals surface area contributed by atoms with Crippen molar-refractivity contribution in [3.05, 3.63) is 33.3 Å². The molecule has 1 aromatic rings. The van der Waals surface area contributed by atoms with Crippen LogP contribution in [0.3, 0.4) is 0 Å². The van der Waals surface area contributed by atoms with Crippen molar-refractivity contribution >= 4 is 41.0 Å². The van der Waals surface area contributed by atoms with Gasteiger partial charge in [0.2, 0.25) is 5.91 Å². The highest BCUT2D eigenvalue weighted by atomic mass is 35.5. The Labute approximate surface area is 168 Å². The molecule has 0 aliphatic carbocycles. The zero-order valence-electron chi connectivity index (χ0n) is 15.4. The molecule has 1 N–H and O–H groups in total. The van der Waals surface area contributed by atoms with Gasteiger partial charge in [-0.05, 0) is 55.9 Å². The number of nitrogens with zero attached hydrogens (tertiary/aromatic N) is 2. The van der Waals surface area contributed by atoms with Gasteiger partial charge in [-0.2, -0.15) is 0 Å². The molecule has 0 radical (unpaired) electrons. The predicted octanol–water partition coefficient (Wildman–Crippen LogP) is 3.34. The van der Waals surface area contributed by atoms with Crippen LogP contribution in [-0.2, 0) is 9.59 Å². The third kappa shape index (κ3) is 4.22. The average molecular weight is 412 g/mol. The second kappa shape index (κ2) is 8.07. The normalized spacial score (nSPS) is 21.0. The number of carbonyl (C=O) groups is 3. The van der Waals surface area contributed by atoms with E-state index in [4.69, 9.17) is 23.2 Å². The molecule has 2 saturated heterocycles. The van der Waals surface area contributed by atoms with Gasteiger partial charge in [-0.3, -0.25) is 14.9 Å².